The van der Waals surface area contributed by atoms with Gasteiger partial charge < -0.3 is 25.0 Å². The molecule has 1 atom stereocenters. The van der Waals surface area contributed by atoms with E-state index in [9.17, 15) is 14.4 Å². The molecule has 1 aliphatic heterocycles. The SMILES string of the molecule is COc1cccc(N2CC(C(=O)NCCNC(=O)OC(C)(C)C)CC2=O)c1. The van der Waals surface area contributed by atoms with E-state index in [0.717, 1.165) is 0 Å². The van der Waals surface area contributed by atoms with Gasteiger partial charge in [-0.3, -0.25) is 9.59 Å². The fraction of sp³-hybridized carbons (Fsp3) is 0.526. The highest BCUT2D eigenvalue weighted by Gasteiger charge is 2.35. The average molecular weight is 377 g/mol. The molecule has 148 valence electrons. The maximum absolute atomic E-state index is 12.3. The molecule has 1 unspecified atom stereocenters. The second kappa shape index (κ2) is 8.75. The molecule has 0 radical (unpaired) electrons. The quantitative estimate of drug-likeness (QED) is 0.736. The van der Waals surface area contributed by atoms with E-state index in [2.05, 4.69) is 10.6 Å². The highest BCUT2D eigenvalue weighted by molar-refractivity contribution is 6.00. The Kier molecular flexibility index (Phi) is 6.65. The summed E-state index contributed by atoms with van der Waals surface area (Å²) in [4.78, 5) is 37.7. The zero-order chi connectivity index (χ0) is 20.0. The van der Waals surface area contributed by atoms with Gasteiger partial charge in [-0.25, -0.2) is 4.79 Å². The normalized spacial score (nSPS) is 16.8. The third kappa shape index (κ3) is 6.16. The highest BCUT2D eigenvalue weighted by atomic mass is 16.6. The second-order valence-corrected chi connectivity index (χ2v) is 7.33. The molecule has 0 spiro atoms. The number of hydrogen-bond donors (Lipinski definition) is 2. The standard InChI is InChI=1S/C19H27N3O5/c1-19(2,3)27-18(25)21-9-8-20-17(24)13-10-16(23)22(12-13)14-6-5-7-15(11-14)26-4/h5-7,11,13H,8-10,12H2,1-4H3,(H,20,24)(H,21,25). The van der Waals surface area contributed by atoms with Crippen molar-refractivity contribution in [2.75, 3.05) is 31.6 Å². The molecule has 27 heavy (non-hydrogen) atoms. The Morgan fingerprint density at radius 1 is 1.22 bits per heavy atom. The lowest BCUT2D eigenvalue weighted by Gasteiger charge is -2.20. The van der Waals surface area contributed by atoms with Crippen molar-refractivity contribution in [3.05, 3.63) is 24.3 Å². The molecule has 8 heteroatoms. The van der Waals surface area contributed by atoms with Gasteiger partial charge in [0.25, 0.3) is 0 Å². The zero-order valence-corrected chi connectivity index (χ0v) is 16.2. The Bertz CT molecular complexity index is 699. The van der Waals surface area contributed by atoms with Crippen LogP contribution in [0.3, 0.4) is 0 Å². The summed E-state index contributed by atoms with van der Waals surface area (Å²) in [6, 6.07) is 7.18. The molecule has 1 aromatic rings. The molecular formula is C19H27N3O5. The lowest BCUT2D eigenvalue weighted by atomic mass is 10.1. The average Bonchev–Trinajstić information content (AvgIpc) is 2.99. The van der Waals surface area contributed by atoms with Crippen molar-refractivity contribution in [1.29, 1.82) is 0 Å². The number of methoxy groups -OCH3 is 1. The third-order valence-corrected chi connectivity index (χ3v) is 3.95. The summed E-state index contributed by atoms with van der Waals surface area (Å²) >= 11 is 0. The van der Waals surface area contributed by atoms with Crippen molar-refractivity contribution >= 4 is 23.6 Å². The molecule has 8 nitrogen and oxygen atoms in total. The van der Waals surface area contributed by atoms with Crippen LogP contribution >= 0.6 is 0 Å². The predicted octanol–water partition coefficient (Wildman–Crippen LogP) is 1.69. The van der Waals surface area contributed by atoms with Crippen LogP contribution in [0.2, 0.25) is 0 Å². The Hall–Kier alpha value is -2.77. The predicted molar refractivity (Wildman–Crippen MR) is 101 cm³/mol. The molecule has 0 bridgehead atoms. The van der Waals surface area contributed by atoms with Crippen LogP contribution in [0.4, 0.5) is 10.5 Å². The van der Waals surface area contributed by atoms with E-state index in [1.165, 1.54) is 0 Å². The fourth-order valence-electron chi connectivity index (χ4n) is 2.72. The van der Waals surface area contributed by atoms with E-state index >= 15 is 0 Å². The summed E-state index contributed by atoms with van der Waals surface area (Å²) in [7, 11) is 1.56. The van der Waals surface area contributed by atoms with Crippen molar-refractivity contribution in [2.45, 2.75) is 32.8 Å². The van der Waals surface area contributed by atoms with E-state index in [4.69, 9.17) is 9.47 Å². The van der Waals surface area contributed by atoms with Crippen LogP contribution in [0.15, 0.2) is 24.3 Å². The number of hydrogen-bond acceptors (Lipinski definition) is 5. The topological polar surface area (TPSA) is 97.0 Å². The van der Waals surface area contributed by atoms with Crippen LogP contribution in [0, 0.1) is 5.92 Å². The number of carbonyl (C=O) groups excluding carboxylic acids is 3. The summed E-state index contributed by atoms with van der Waals surface area (Å²) in [5.41, 5.74) is 0.141. The monoisotopic (exact) mass is 377 g/mol. The van der Waals surface area contributed by atoms with Crippen LogP contribution < -0.4 is 20.3 Å². The number of carbonyl (C=O) groups is 3. The van der Waals surface area contributed by atoms with Gasteiger partial charge in [0.2, 0.25) is 11.8 Å². The Morgan fingerprint density at radius 2 is 1.93 bits per heavy atom. The molecule has 2 N–H and O–H groups in total. The van der Waals surface area contributed by atoms with Crippen molar-refractivity contribution in [3.63, 3.8) is 0 Å². The number of anilines is 1. The van der Waals surface area contributed by atoms with Gasteiger partial charge in [0, 0.05) is 37.8 Å². The molecule has 1 aliphatic rings. The van der Waals surface area contributed by atoms with Gasteiger partial charge in [-0.05, 0) is 32.9 Å². The van der Waals surface area contributed by atoms with Crippen LogP contribution in [-0.4, -0.2) is 50.3 Å². The maximum Gasteiger partial charge on any atom is 0.407 e. The van der Waals surface area contributed by atoms with Crippen LogP contribution in [-0.2, 0) is 14.3 Å². The summed E-state index contributed by atoms with van der Waals surface area (Å²) in [6.45, 7) is 6.17. The second-order valence-electron chi connectivity index (χ2n) is 7.33. The first-order chi connectivity index (χ1) is 12.7. The molecule has 1 aromatic carbocycles. The molecule has 0 saturated carbocycles. The summed E-state index contributed by atoms with van der Waals surface area (Å²) < 4.78 is 10.3. The number of nitrogens with zero attached hydrogens (tertiary/aromatic N) is 1. The van der Waals surface area contributed by atoms with Gasteiger partial charge in [-0.15, -0.1) is 0 Å². The smallest absolute Gasteiger partial charge is 0.407 e. The molecule has 2 rings (SSSR count). The van der Waals surface area contributed by atoms with Crippen LogP contribution in [0.1, 0.15) is 27.2 Å². The van der Waals surface area contributed by atoms with Gasteiger partial charge >= 0.3 is 6.09 Å². The zero-order valence-electron chi connectivity index (χ0n) is 16.2. The van der Waals surface area contributed by atoms with Crippen molar-refractivity contribution < 1.29 is 23.9 Å². The number of benzene rings is 1. The van der Waals surface area contributed by atoms with Crippen molar-refractivity contribution in [3.8, 4) is 5.75 Å². The maximum atomic E-state index is 12.3. The first kappa shape index (κ1) is 20.5. The number of ether oxygens (including phenoxy) is 2. The van der Waals surface area contributed by atoms with Crippen molar-refractivity contribution in [2.24, 2.45) is 5.92 Å². The lowest BCUT2D eigenvalue weighted by Crippen LogP contribution is -2.40. The van der Waals surface area contributed by atoms with Gasteiger partial charge in [-0.1, -0.05) is 6.07 Å². The fourth-order valence-corrected chi connectivity index (χ4v) is 2.72. The number of nitrogens with one attached hydrogen (secondary N) is 2. The minimum Gasteiger partial charge on any atom is -0.497 e. The molecule has 0 aliphatic carbocycles. The van der Waals surface area contributed by atoms with Gasteiger partial charge in [-0.2, -0.15) is 0 Å². The molecule has 1 heterocycles. The largest absolute Gasteiger partial charge is 0.497 e. The van der Waals surface area contributed by atoms with E-state index in [1.54, 1.807) is 51.0 Å². The molecule has 1 saturated heterocycles. The Labute approximate surface area is 159 Å². The Balaban J connectivity index is 1.79. The Morgan fingerprint density at radius 3 is 2.59 bits per heavy atom. The summed E-state index contributed by atoms with van der Waals surface area (Å²) in [5.74, 6) is -0.0818. The van der Waals surface area contributed by atoms with Gasteiger partial charge in [0.15, 0.2) is 0 Å². The molecule has 3 amide bonds. The molecule has 1 fully saturated rings. The van der Waals surface area contributed by atoms with Crippen molar-refractivity contribution in [1.82, 2.24) is 10.6 Å². The highest BCUT2D eigenvalue weighted by Crippen LogP contribution is 2.27. The molecule has 0 aromatic heterocycles. The van der Waals surface area contributed by atoms with E-state index in [1.807, 2.05) is 6.07 Å². The van der Waals surface area contributed by atoms with E-state index in [0.29, 0.717) is 18.0 Å². The molecular weight excluding hydrogens is 350 g/mol. The number of alkyl carbamates (subject to hydrolysis) is 1. The first-order valence-electron chi connectivity index (χ1n) is 8.88. The minimum atomic E-state index is -0.568. The van der Waals surface area contributed by atoms with Crippen LogP contribution in [0.25, 0.3) is 0 Å². The first-order valence-corrected chi connectivity index (χ1v) is 8.88. The van der Waals surface area contributed by atoms with Gasteiger partial charge in [0.1, 0.15) is 11.4 Å². The lowest BCUT2D eigenvalue weighted by molar-refractivity contribution is -0.126. The van der Waals surface area contributed by atoms with E-state index in [-0.39, 0.29) is 31.3 Å². The number of amides is 3. The van der Waals surface area contributed by atoms with E-state index < -0.39 is 17.6 Å². The summed E-state index contributed by atoms with van der Waals surface area (Å²) in [6.07, 6.45) is -0.375. The van der Waals surface area contributed by atoms with Crippen LogP contribution in [0.5, 0.6) is 5.75 Å². The minimum absolute atomic E-state index is 0.102. The third-order valence-electron chi connectivity index (χ3n) is 3.95. The number of rotatable bonds is 6. The summed E-state index contributed by atoms with van der Waals surface area (Å²) in [5, 5.41) is 5.32. The van der Waals surface area contributed by atoms with Gasteiger partial charge in [0.05, 0.1) is 13.0 Å².